The minimum atomic E-state index is -0.390. The van der Waals surface area contributed by atoms with Crippen LogP contribution in [-0.4, -0.2) is 17.6 Å². The van der Waals surface area contributed by atoms with E-state index in [-0.39, 0.29) is 18.8 Å². The molecule has 0 fully saturated rings. The first kappa shape index (κ1) is 9.38. The van der Waals surface area contributed by atoms with Crippen molar-refractivity contribution in [3.8, 4) is 11.5 Å². The Labute approximate surface area is 75.9 Å². The first-order valence-corrected chi connectivity index (χ1v) is 3.88. The predicted octanol–water partition coefficient (Wildman–Crippen LogP) is 0.646. The molecular weight excluding hydrogens is 170 g/mol. The van der Waals surface area contributed by atoms with Gasteiger partial charge in [-0.3, -0.25) is 4.79 Å². The molecule has 1 rings (SSSR count). The topological polar surface area (TPSA) is 72.6 Å². The molecule has 0 aliphatic heterocycles. The summed E-state index contributed by atoms with van der Waals surface area (Å²) in [5, 5.41) is 8.94. The van der Waals surface area contributed by atoms with Crippen LogP contribution >= 0.6 is 0 Å². The summed E-state index contributed by atoms with van der Waals surface area (Å²) in [7, 11) is 0. The second kappa shape index (κ2) is 4.35. The van der Waals surface area contributed by atoms with Gasteiger partial charge in [-0.05, 0) is 24.3 Å². The normalized spacial score (nSPS) is 9.54. The SMILES string of the molecule is NC(=O)CCOc1ccc(O)cc1. The number of nitrogens with two attached hydrogens (primary N) is 1. The van der Waals surface area contributed by atoms with Crippen LogP contribution in [-0.2, 0) is 4.79 Å². The third-order valence-corrected chi connectivity index (χ3v) is 1.45. The molecule has 0 saturated heterocycles. The first-order chi connectivity index (χ1) is 6.18. The molecular formula is C9H11NO3. The van der Waals surface area contributed by atoms with Crippen LogP contribution in [0.5, 0.6) is 11.5 Å². The lowest BCUT2D eigenvalue weighted by molar-refractivity contribution is -0.118. The lowest BCUT2D eigenvalue weighted by atomic mass is 10.3. The number of hydrogen-bond donors (Lipinski definition) is 2. The Kier molecular flexibility index (Phi) is 3.14. The quantitative estimate of drug-likeness (QED) is 0.716. The second-order valence-corrected chi connectivity index (χ2v) is 2.56. The molecule has 1 aromatic rings. The molecule has 3 N–H and O–H groups in total. The Bertz CT molecular complexity index is 281. The molecule has 0 unspecified atom stereocenters. The van der Waals surface area contributed by atoms with Gasteiger partial charge in [0.2, 0.25) is 5.91 Å². The molecule has 1 aromatic carbocycles. The van der Waals surface area contributed by atoms with Gasteiger partial charge in [-0.2, -0.15) is 0 Å². The molecule has 0 heterocycles. The highest BCUT2D eigenvalue weighted by atomic mass is 16.5. The van der Waals surface area contributed by atoms with Crippen molar-refractivity contribution in [1.29, 1.82) is 0 Å². The molecule has 1 amide bonds. The van der Waals surface area contributed by atoms with Gasteiger partial charge >= 0.3 is 0 Å². The summed E-state index contributed by atoms with van der Waals surface area (Å²) in [6, 6.07) is 6.27. The fraction of sp³-hybridized carbons (Fsp3) is 0.222. The number of benzene rings is 1. The van der Waals surface area contributed by atoms with Crippen molar-refractivity contribution in [1.82, 2.24) is 0 Å². The van der Waals surface area contributed by atoms with Crippen molar-refractivity contribution < 1.29 is 14.6 Å². The molecule has 4 nitrogen and oxygen atoms in total. The van der Waals surface area contributed by atoms with Gasteiger partial charge < -0.3 is 15.6 Å². The van der Waals surface area contributed by atoms with Crippen LogP contribution in [0.25, 0.3) is 0 Å². The maximum Gasteiger partial charge on any atom is 0.220 e. The Balaban J connectivity index is 2.37. The van der Waals surface area contributed by atoms with Crippen LogP contribution in [0.15, 0.2) is 24.3 Å². The predicted molar refractivity (Wildman–Crippen MR) is 47.4 cm³/mol. The lowest BCUT2D eigenvalue weighted by Crippen LogP contribution is -2.14. The van der Waals surface area contributed by atoms with Crippen molar-refractivity contribution in [2.24, 2.45) is 5.73 Å². The number of carbonyl (C=O) groups excluding carboxylic acids is 1. The van der Waals surface area contributed by atoms with Gasteiger partial charge in [0.15, 0.2) is 0 Å². The van der Waals surface area contributed by atoms with Gasteiger partial charge in [-0.25, -0.2) is 0 Å². The summed E-state index contributed by atoms with van der Waals surface area (Å²) in [6.07, 6.45) is 0.195. The molecule has 0 aromatic heterocycles. The molecule has 0 saturated carbocycles. The van der Waals surface area contributed by atoms with Gasteiger partial charge in [0.1, 0.15) is 11.5 Å². The van der Waals surface area contributed by atoms with Gasteiger partial charge in [0, 0.05) is 0 Å². The van der Waals surface area contributed by atoms with Crippen molar-refractivity contribution in [3.05, 3.63) is 24.3 Å². The van der Waals surface area contributed by atoms with Gasteiger partial charge in [0.05, 0.1) is 13.0 Å². The highest BCUT2D eigenvalue weighted by Gasteiger charge is 1.96. The maximum atomic E-state index is 10.3. The van der Waals surface area contributed by atoms with Crippen molar-refractivity contribution in [3.63, 3.8) is 0 Å². The standard InChI is InChI=1S/C9H11NO3/c10-9(12)5-6-13-8-3-1-7(11)2-4-8/h1-4,11H,5-6H2,(H2,10,12). The van der Waals surface area contributed by atoms with E-state index in [4.69, 9.17) is 15.6 Å². The fourth-order valence-corrected chi connectivity index (χ4v) is 0.812. The highest BCUT2D eigenvalue weighted by Crippen LogP contribution is 2.15. The number of ether oxygens (including phenoxy) is 1. The third kappa shape index (κ3) is 3.46. The average molecular weight is 181 g/mol. The van der Waals surface area contributed by atoms with Crippen LogP contribution < -0.4 is 10.5 Å². The van der Waals surface area contributed by atoms with Gasteiger partial charge in [-0.15, -0.1) is 0 Å². The van der Waals surface area contributed by atoms with Crippen LogP contribution in [0.1, 0.15) is 6.42 Å². The number of aromatic hydroxyl groups is 1. The molecule has 13 heavy (non-hydrogen) atoms. The molecule has 0 bridgehead atoms. The molecule has 4 heteroatoms. The van der Waals surface area contributed by atoms with E-state index in [2.05, 4.69) is 0 Å². The molecule has 0 aliphatic rings. The largest absolute Gasteiger partial charge is 0.508 e. The van der Waals surface area contributed by atoms with E-state index in [1.165, 1.54) is 12.1 Å². The minimum absolute atomic E-state index is 0.183. The molecule has 0 radical (unpaired) electrons. The molecule has 0 atom stereocenters. The fourth-order valence-electron chi connectivity index (χ4n) is 0.812. The Morgan fingerprint density at radius 3 is 2.54 bits per heavy atom. The van der Waals surface area contributed by atoms with Crippen molar-refractivity contribution in [2.75, 3.05) is 6.61 Å². The van der Waals surface area contributed by atoms with Crippen molar-refractivity contribution in [2.45, 2.75) is 6.42 Å². The summed E-state index contributed by atoms with van der Waals surface area (Å²) in [5.74, 6) is 0.403. The number of carbonyl (C=O) groups is 1. The number of primary amides is 1. The van der Waals surface area contributed by atoms with Gasteiger partial charge in [0.25, 0.3) is 0 Å². The summed E-state index contributed by atoms with van der Waals surface area (Å²) < 4.78 is 5.16. The highest BCUT2D eigenvalue weighted by molar-refractivity contribution is 5.73. The summed E-state index contributed by atoms with van der Waals surface area (Å²) in [4.78, 5) is 10.3. The van der Waals surface area contributed by atoms with Gasteiger partial charge in [-0.1, -0.05) is 0 Å². The summed E-state index contributed by atoms with van der Waals surface area (Å²) >= 11 is 0. The Morgan fingerprint density at radius 1 is 1.38 bits per heavy atom. The minimum Gasteiger partial charge on any atom is -0.508 e. The monoisotopic (exact) mass is 181 g/mol. The van der Waals surface area contributed by atoms with E-state index in [0.717, 1.165) is 0 Å². The van der Waals surface area contributed by atoms with E-state index < -0.39 is 5.91 Å². The molecule has 0 spiro atoms. The van der Waals surface area contributed by atoms with Crippen LogP contribution in [0, 0.1) is 0 Å². The Hall–Kier alpha value is -1.71. The summed E-state index contributed by atoms with van der Waals surface area (Å²) in [5.41, 5.74) is 4.92. The number of hydrogen-bond acceptors (Lipinski definition) is 3. The van der Waals surface area contributed by atoms with E-state index in [9.17, 15) is 4.79 Å². The van der Waals surface area contributed by atoms with E-state index in [1.807, 2.05) is 0 Å². The number of amides is 1. The van der Waals surface area contributed by atoms with Crippen molar-refractivity contribution >= 4 is 5.91 Å². The molecule has 70 valence electrons. The van der Waals surface area contributed by atoms with Crippen LogP contribution in [0.3, 0.4) is 0 Å². The maximum absolute atomic E-state index is 10.3. The van der Waals surface area contributed by atoms with E-state index in [0.29, 0.717) is 5.75 Å². The second-order valence-electron chi connectivity index (χ2n) is 2.56. The average Bonchev–Trinajstić information content (AvgIpc) is 2.08. The Morgan fingerprint density at radius 2 is 2.00 bits per heavy atom. The number of rotatable bonds is 4. The van der Waals surface area contributed by atoms with E-state index in [1.54, 1.807) is 12.1 Å². The zero-order valence-corrected chi connectivity index (χ0v) is 7.06. The summed E-state index contributed by atoms with van der Waals surface area (Å²) in [6.45, 7) is 0.264. The number of phenols is 1. The van der Waals surface area contributed by atoms with Crippen LogP contribution in [0.2, 0.25) is 0 Å². The van der Waals surface area contributed by atoms with E-state index >= 15 is 0 Å². The third-order valence-electron chi connectivity index (χ3n) is 1.45. The van der Waals surface area contributed by atoms with Crippen LogP contribution in [0.4, 0.5) is 0 Å². The molecule has 0 aliphatic carbocycles. The lowest BCUT2D eigenvalue weighted by Gasteiger charge is -2.03. The first-order valence-electron chi connectivity index (χ1n) is 3.88. The smallest absolute Gasteiger partial charge is 0.220 e. The zero-order valence-electron chi connectivity index (χ0n) is 7.06. The zero-order chi connectivity index (χ0) is 9.68. The number of phenolic OH excluding ortho intramolecular Hbond substituents is 1.